The molecule has 0 amide bonds. The van der Waals surface area contributed by atoms with E-state index < -0.39 is 11.9 Å². The highest BCUT2D eigenvalue weighted by atomic mass is 79.9. The minimum absolute atomic E-state index is 0.103. The summed E-state index contributed by atoms with van der Waals surface area (Å²) in [6, 6.07) is 12.7. The van der Waals surface area contributed by atoms with E-state index in [2.05, 4.69) is 31.9 Å². The van der Waals surface area contributed by atoms with E-state index in [1.54, 1.807) is 36.4 Å². The van der Waals surface area contributed by atoms with Gasteiger partial charge in [0.2, 0.25) is 0 Å². The minimum Gasteiger partial charge on any atom is -0.478 e. The number of halogens is 2. The summed E-state index contributed by atoms with van der Waals surface area (Å²) in [4.78, 5) is 24.0. The van der Waals surface area contributed by atoms with Crippen LogP contribution in [0, 0.1) is 0 Å². The van der Waals surface area contributed by atoms with Crippen LogP contribution in [0.2, 0.25) is 0 Å². The summed E-state index contributed by atoms with van der Waals surface area (Å²) in [5.41, 5.74) is 13.9. The topological polar surface area (TPSA) is 127 Å². The van der Waals surface area contributed by atoms with Crippen molar-refractivity contribution in [1.82, 2.24) is 0 Å². The first-order chi connectivity index (χ1) is 13.2. The Hall–Kier alpha value is -2.84. The van der Waals surface area contributed by atoms with Gasteiger partial charge >= 0.3 is 11.9 Å². The number of hydrogen-bond acceptors (Lipinski definition) is 4. The third kappa shape index (κ3) is 3.61. The van der Waals surface area contributed by atoms with Crippen LogP contribution in [-0.2, 0) is 0 Å². The van der Waals surface area contributed by atoms with Crippen LogP contribution in [-0.4, -0.2) is 22.2 Å². The van der Waals surface area contributed by atoms with Gasteiger partial charge in [0.1, 0.15) is 0 Å². The highest BCUT2D eigenvalue weighted by Gasteiger charge is 2.25. The van der Waals surface area contributed by atoms with E-state index in [0.29, 0.717) is 37.0 Å². The van der Waals surface area contributed by atoms with Gasteiger partial charge in [0, 0.05) is 25.9 Å². The smallest absolute Gasteiger partial charge is 0.336 e. The van der Waals surface area contributed by atoms with Crippen LogP contribution in [0.1, 0.15) is 20.7 Å². The SMILES string of the molecule is Nc1ccc(-c2ccc(C(=O)O)c(-c3ccc(N)c(Br)c3)c2C(=O)O)cc1Br. The fraction of sp³-hybridized carbons (Fsp3) is 0. The van der Waals surface area contributed by atoms with Crippen molar-refractivity contribution < 1.29 is 19.8 Å². The summed E-state index contributed by atoms with van der Waals surface area (Å²) in [6.07, 6.45) is 0. The summed E-state index contributed by atoms with van der Waals surface area (Å²) in [6.45, 7) is 0. The van der Waals surface area contributed by atoms with Crippen molar-refractivity contribution in [3.05, 3.63) is 68.6 Å². The van der Waals surface area contributed by atoms with Crippen LogP contribution >= 0.6 is 31.9 Å². The van der Waals surface area contributed by atoms with Crippen molar-refractivity contribution in [3.8, 4) is 22.3 Å². The second kappa shape index (κ2) is 7.65. The molecule has 0 saturated heterocycles. The van der Waals surface area contributed by atoms with E-state index in [1.165, 1.54) is 12.1 Å². The normalized spacial score (nSPS) is 10.6. The molecule has 0 radical (unpaired) electrons. The van der Waals surface area contributed by atoms with E-state index in [1.807, 2.05) is 0 Å². The van der Waals surface area contributed by atoms with Gasteiger partial charge in [-0.3, -0.25) is 0 Å². The largest absolute Gasteiger partial charge is 0.478 e. The van der Waals surface area contributed by atoms with Crippen molar-refractivity contribution in [1.29, 1.82) is 0 Å². The molecule has 0 aromatic heterocycles. The zero-order valence-corrected chi connectivity index (χ0v) is 17.4. The van der Waals surface area contributed by atoms with Gasteiger partial charge in [-0.2, -0.15) is 0 Å². The molecule has 6 nitrogen and oxygen atoms in total. The number of anilines is 2. The molecule has 6 N–H and O–H groups in total. The molecule has 142 valence electrons. The molecule has 0 aliphatic rings. The molecule has 0 heterocycles. The summed E-state index contributed by atoms with van der Waals surface area (Å²) in [5, 5.41) is 19.6. The van der Waals surface area contributed by atoms with Gasteiger partial charge in [0.15, 0.2) is 0 Å². The second-order valence-corrected chi connectivity index (χ2v) is 7.70. The van der Waals surface area contributed by atoms with Crippen LogP contribution in [0.25, 0.3) is 22.3 Å². The van der Waals surface area contributed by atoms with E-state index in [4.69, 9.17) is 11.5 Å². The van der Waals surface area contributed by atoms with Crippen LogP contribution in [0.3, 0.4) is 0 Å². The Morgan fingerprint density at radius 1 is 0.750 bits per heavy atom. The number of carbonyl (C=O) groups is 2. The lowest BCUT2D eigenvalue weighted by Gasteiger charge is -2.16. The first kappa shape index (κ1) is 19.9. The van der Waals surface area contributed by atoms with E-state index in [0.717, 1.165) is 0 Å². The molecule has 0 unspecified atom stereocenters. The fourth-order valence-electron chi connectivity index (χ4n) is 2.92. The molecule has 28 heavy (non-hydrogen) atoms. The van der Waals surface area contributed by atoms with Crippen molar-refractivity contribution >= 4 is 55.2 Å². The van der Waals surface area contributed by atoms with E-state index in [9.17, 15) is 19.8 Å². The number of carboxylic acids is 2. The number of rotatable bonds is 4. The lowest BCUT2D eigenvalue weighted by Crippen LogP contribution is -2.09. The molecule has 8 heteroatoms. The summed E-state index contributed by atoms with van der Waals surface area (Å²) >= 11 is 6.64. The number of hydrogen-bond donors (Lipinski definition) is 4. The molecule has 0 bridgehead atoms. The number of carboxylic acid groups (broad SMARTS) is 2. The first-order valence-corrected chi connectivity index (χ1v) is 9.53. The summed E-state index contributed by atoms with van der Waals surface area (Å²) in [7, 11) is 0. The molecule has 0 fully saturated rings. The molecule has 0 aliphatic carbocycles. The fourth-order valence-corrected chi connectivity index (χ4v) is 3.68. The second-order valence-electron chi connectivity index (χ2n) is 5.99. The average molecular weight is 506 g/mol. The predicted octanol–water partition coefficient (Wildman–Crippen LogP) is 5.11. The van der Waals surface area contributed by atoms with Crippen molar-refractivity contribution in [2.24, 2.45) is 0 Å². The van der Waals surface area contributed by atoms with Gasteiger partial charge in [-0.25, -0.2) is 9.59 Å². The molecule has 0 saturated carbocycles. The molecule has 3 aromatic carbocycles. The van der Waals surface area contributed by atoms with Crippen molar-refractivity contribution in [3.63, 3.8) is 0 Å². The first-order valence-electron chi connectivity index (χ1n) is 7.95. The number of nitrogen functional groups attached to an aromatic ring is 2. The molecular weight excluding hydrogens is 492 g/mol. The van der Waals surface area contributed by atoms with Crippen molar-refractivity contribution in [2.45, 2.75) is 0 Å². The van der Waals surface area contributed by atoms with Crippen LogP contribution in [0.4, 0.5) is 11.4 Å². The lowest BCUT2D eigenvalue weighted by molar-refractivity contribution is 0.0696. The maximum atomic E-state index is 12.2. The standard InChI is InChI=1S/C20H14Br2N2O4/c21-13-7-9(1-5-15(13)23)11-3-4-12(19(25)26)17(18(11)20(27)28)10-2-6-16(24)14(22)8-10/h1-8H,23-24H2,(H,25,26)(H,27,28). The molecule has 0 atom stereocenters. The monoisotopic (exact) mass is 504 g/mol. The van der Waals surface area contributed by atoms with E-state index >= 15 is 0 Å². The van der Waals surface area contributed by atoms with Gasteiger partial charge in [0.05, 0.1) is 11.1 Å². The van der Waals surface area contributed by atoms with E-state index in [-0.39, 0.29) is 16.7 Å². The van der Waals surface area contributed by atoms with Crippen LogP contribution < -0.4 is 11.5 Å². The third-order valence-electron chi connectivity index (χ3n) is 4.25. The van der Waals surface area contributed by atoms with Gasteiger partial charge in [-0.1, -0.05) is 18.2 Å². The maximum absolute atomic E-state index is 12.2. The lowest BCUT2D eigenvalue weighted by atomic mass is 9.88. The van der Waals surface area contributed by atoms with Crippen LogP contribution in [0.15, 0.2) is 57.5 Å². The number of nitrogens with two attached hydrogens (primary N) is 2. The highest BCUT2D eigenvalue weighted by Crippen LogP contribution is 2.38. The van der Waals surface area contributed by atoms with Crippen molar-refractivity contribution in [2.75, 3.05) is 11.5 Å². The van der Waals surface area contributed by atoms with Gasteiger partial charge in [-0.05, 0) is 78.9 Å². The Kier molecular flexibility index (Phi) is 5.44. The Morgan fingerprint density at radius 2 is 1.29 bits per heavy atom. The zero-order chi connectivity index (χ0) is 20.6. The molecule has 3 rings (SSSR count). The van der Waals surface area contributed by atoms with Gasteiger partial charge < -0.3 is 21.7 Å². The highest BCUT2D eigenvalue weighted by molar-refractivity contribution is 9.11. The predicted molar refractivity (Wildman–Crippen MR) is 115 cm³/mol. The molecule has 0 aliphatic heterocycles. The Labute approximate surface area is 177 Å². The molecule has 0 spiro atoms. The zero-order valence-electron chi connectivity index (χ0n) is 14.2. The number of aromatic carboxylic acids is 2. The quantitative estimate of drug-likeness (QED) is 0.365. The number of benzene rings is 3. The summed E-state index contributed by atoms with van der Waals surface area (Å²) < 4.78 is 1.15. The third-order valence-corrected chi connectivity index (χ3v) is 5.62. The molecule has 3 aromatic rings. The van der Waals surface area contributed by atoms with Crippen LogP contribution in [0.5, 0.6) is 0 Å². The Balaban J connectivity index is 2.40. The minimum atomic E-state index is -1.24. The van der Waals surface area contributed by atoms with Gasteiger partial charge in [-0.15, -0.1) is 0 Å². The average Bonchev–Trinajstić information content (AvgIpc) is 2.64. The summed E-state index contributed by atoms with van der Waals surface area (Å²) in [5.74, 6) is -2.47. The Bertz CT molecular complexity index is 1130. The Morgan fingerprint density at radius 3 is 1.79 bits per heavy atom. The molecular formula is C20H14Br2N2O4. The van der Waals surface area contributed by atoms with Gasteiger partial charge in [0.25, 0.3) is 0 Å². The maximum Gasteiger partial charge on any atom is 0.336 e.